The third kappa shape index (κ3) is 2.43. The van der Waals surface area contributed by atoms with E-state index in [4.69, 9.17) is 4.74 Å². The van der Waals surface area contributed by atoms with Gasteiger partial charge in [-0.05, 0) is 36.8 Å². The monoisotopic (exact) mass is 372 g/mol. The summed E-state index contributed by atoms with van der Waals surface area (Å²) in [6.45, 7) is 4.88. The quantitative estimate of drug-likeness (QED) is 0.643. The van der Waals surface area contributed by atoms with E-state index in [0.29, 0.717) is 30.0 Å². The minimum atomic E-state index is -0.267. The van der Waals surface area contributed by atoms with Crippen LogP contribution in [0.25, 0.3) is 10.8 Å². The smallest absolute Gasteiger partial charge is 0.265 e. The highest BCUT2D eigenvalue weighted by molar-refractivity contribution is 6.36. The summed E-state index contributed by atoms with van der Waals surface area (Å²) < 4.78 is 5.46. The summed E-state index contributed by atoms with van der Waals surface area (Å²) in [5.41, 5.74) is 3.73. The van der Waals surface area contributed by atoms with Gasteiger partial charge < -0.3 is 9.64 Å². The van der Waals surface area contributed by atoms with Crippen molar-refractivity contribution in [3.63, 3.8) is 0 Å². The Balaban J connectivity index is 1.70. The van der Waals surface area contributed by atoms with Crippen molar-refractivity contribution in [2.24, 2.45) is 0 Å². The van der Waals surface area contributed by atoms with E-state index in [1.165, 1.54) is 4.90 Å². The Labute approximate surface area is 163 Å². The number of rotatable bonds is 2. The molecule has 2 heterocycles. The Morgan fingerprint density at radius 2 is 1.50 bits per heavy atom. The van der Waals surface area contributed by atoms with Gasteiger partial charge in [-0.15, -0.1) is 0 Å². The molecule has 3 aromatic carbocycles. The van der Waals surface area contributed by atoms with Crippen molar-refractivity contribution in [3.8, 4) is 0 Å². The molecule has 5 rings (SSSR count). The fraction of sp³-hybridized carbons (Fsp3) is 0.217. The average Bonchev–Trinajstić information content (AvgIpc) is 2.73. The van der Waals surface area contributed by atoms with E-state index in [9.17, 15) is 9.59 Å². The van der Waals surface area contributed by atoms with E-state index in [1.54, 1.807) is 0 Å². The zero-order valence-electron chi connectivity index (χ0n) is 15.6. The number of nitrogens with zero attached hydrogens (tertiary/aromatic N) is 2. The molecule has 0 aromatic heterocycles. The van der Waals surface area contributed by atoms with Crippen LogP contribution in [0.2, 0.25) is 0 Å². The van der Waals surface area contributed by atoms with Gasteiger partial charge in [-0.25, -0.2) is 4.90 Å². The molecule has 0 unspecified atom stereocenters. The van der Waals surface area contributed by atoms with Crippen molar-refractivity contribution >= 4 is 34.0 Å². The molecule has 28 heavy (non-hydrogen) atoms. The molecule has 0 atom stereocenters. The molecule has 5 heteroatoms. The van der Waals surface area contributed by atoms with Gasteiger partial charge in [0.1, 0.15) is 0 Å². The maximum atomic E-state index is 13.3. The van der Waals surface area contributed by atoms with Gasteiger partial charge in [0.25, 0.3) is 11.8 Å². The number of hydrogen-bond acceptors (Lipinski definition) is 4. The topological polar surface area (TPSA) is 49.9 Å². The molecular formula is C23H20N2O3. The molecule has 1 fully saturated rings. The summed E-state index contributed by atoms with van der Waals surface area (Å²) in [5.74, 6) is -0.534. The highest BCUT2D eigenvalue weighted by Crippen LogP contribution is 2.38. The highest BCUT2D eigenvalue weighted by atomic mass is 16.5. The Bertz CT molecular complexity index is 1090. The van der Waals surface area contributed by atoms with E-state index in [-0.39, 0.29) is 11.8 Å². The molecule has 0 bridgehead atoms. The van der Waals surface area contributed by atoms with Crippen LogP contribution in [0.5, 0.6) is 0 Å². The number of aryl methyl sites for hydroxylation is 1. The Hall–Kier alpha value is -3.18. The van der Waals surface area contributed by atoms with Gasteiger partial charge >= 0.3 is 0 Å². The Kier molecular flexibility index (Phi) is 3.91. The molecule has 1 saturated heterocycles. The molecule has 3 aromatic rings. The fourth-order valence-electron chi connectivity index (χ4n) is 4.19. The van der Waals surface area contributed by atoms with E-state index < -0.39 is 0 Å². The van der Waals surface area contributed by atoms with Gasteiger partial charge in [-0.3, -0.25) is 9.59 Å². The van der Waals surface area contributed by atoms with Crippen LogP contribution in [0.1, 0.15) is 26.3 Å². The van der Waals surface area contributed by atoms with Crippen LogP contribution in [-0.4, -0.2) is 38.1 Å². The number of amides is 2. The first-order valence-corrected chi connectivity index (χ1v) is 9.49. The lowest BCUT2D eigenvalue weighted by atomic mass is 9.92. The van der Waals surface area contributed by atoms with E-state index >= 15 is 0 Å². The molecule has 0 N–H and O–H groups in total. The van der Waals surface area contributed by atoms with E-state index in [1.807, 2.05) is 61.5 Å². The number of morpholine rings is 1. The number of hydrogen-bond donors (Lipinski definition) is 0. The number of ether oxygens (including phenoxy) is 1. The first kappa shape index (κ1) is 17.0. The second-order valence-corrected chi connectivity index (χ2v) is 7.19. The molecule has 5 nitrogen and oxygen atoms in total. The fourth-order valence-corrected chi connectivity index (χ4v) is 4.19. The van der Waals surface area contributed by atoms with Crippen molar-refractivity contribution in [1.29, 1.82) is 0 Å². The molecule has 0 aliphatic carbocycles. The summed E-state index contributed by atoms with van der Waals surface area (Å²) in [6.07, 6.45) is 0. The van der Waals surface area contributed by atoms with Crippen LogP contribution in [0.3, 0.4) is 0 Å². The summed E-state index contributed by atoms with van der Waals surface area (Å²) in [6, 6.07) is 17.0. The standard InChI is InChI=1S/C23H20N2O3/c1-15-5-2-3-8-19(15)25-22(26)17-7-4-6-16-20(24-11-13-28-14-12-24)10-9-18(21(16)17)23(25)27/h2-10H,11-14H2,1H3. The largest absolute Gasteiger partial charge is 0.378 e. The molecule has 0 saturated carbocycles. The molecule has 2 aliphatic heterocycles. The predicted molar refractivity (Wildman–Crippen MR) is 109 cm³/mol. The molecule has 140 valence electrons. The first-order valence-electron chi connectivity index (χ1n) is 9.49. The van der Waals surface area contributed by atoms with Crippen LogP contribution >= 0.6 is 0 Å². The van der Waals surface area contributed by atoms with Gasteiger partial charge in [-0.1, -0.05) is 30.3 Å². The summed E-state index contributed by atoms with van der Waals surface area (Å²) in [5, 5.41) is 1.70. The van der Waals surface area contributed by atoms with Crippen molar-refractivity contribution in [2.75, 3.05) is 36.1 Å². The van der Waals surface area contributed by atoms with Crippen molar-refractivity contribution in [1.82, 2.24) is 0 Å². The maximum absolute atomic E-state index is 13.3. The predicted octanol–water partition coefficient (Wildman–Crippen LogP) is 3.79. The molecular weight excluding hydrogens is 352 g/mol. The number of carbonyl (C=O) groups excluding carboxylic acids is 2. The zero-order chi connectivity index (χ0) is 19.3. The van der Waals surface area contributed by atoms with Gasteiger partial charge in [0.15, 0.2) is 0 Å². The maximum Gasteiger partial charge on any atom is 0.265 e. The van der Waals surface area contributed by atoms with E-state index in [0.717, 1.165) is 35.1 Å². The van der Waals surface area contributed by atoms with Crippen LogP contribution in [0, 0.1) is 6.92 Å². The first-order chi connectivity index (χ1) is 13.7. The molecule has 2 aliphatic rings. The molecule has 0 radical (unpaired) electrons. The van der Waals surface area contributed by atoms with Crippen molar-refractivity contribution in [2.45, 2.75) is 6.92 Å². The Morgan fingerprint density at radius 1 is 0.786 bits per heavy atom. The normalized spacial score (nSPS) is 16.8. The lowest BCUT2D eigenvalue weighted by molar-refractivity contribution is 0.0893. The van der Waals surface area contributed by atoms with Crippen LogP contribution < -0.4 is 9.80 Å². The number of para-hydroxylation sites is 1. The van der Waals surface area contributed by atoms with E-state index in [2.05, 4.69) is 4.90 Å². The third-order valence-corrected chi connectivity index (χ3v) is 5.59. The number of imide groups is 1. The van der Waals surface area contributed by atoms with Crippen LogP contribution in [-0.2, 0) is 4.74 Å². The second kappa shape index (κ2) is 6.46. The second-order valence-electron chi connectivity index (χ2n) is 7.19. The van der Waals surface area contributed by atoms with Gasteiger partial charge in [-0.2, -0.15) is 0 Å². The van der Waals surface area contributed by atoms with Gasteiger partial charge in [0.2, 0.25) is 0 Å². The van der Waals surface area contributed by atoms with Gasteiger partial charge in [0.05, 0.1) is 18.9 Å². The summed E-state index contributed by atoms with van der Waals surface area (Å²) in [7, 11) is 0. The SMILES string of the molecule is Cc1ccccc1N1C(=O)c2cccc3c(N4CCOCC4)ccc(c23)C1=O. The summed E-state index contributed by atoms with van der Waals surface area (Å²) in [4.78, 5) is 30.2. The number of anilines is 2. The molecule has 0 spiro atoms. The van der Waals surface area contributed by atoms with Crippen LogP contribution in [0.15, 0.2) is 54.6 Å². The number of benzene rings is 3. The third-order valence-electron chi connectivity index (χ3n) is 5.59. The van der Waals surface area contributed by atoms with Crippen LogP contribution in [0.4, 0.5) is 11.4 Å². The van der Waals surface area contributed by atoms with Crippen molar-refractivity contribution in [3.05, 3.63) is 71.3 Å². The average molecular weight is 372 g/mol. The molecule has 2 amide bonds. The highest BCUT2D eigenvalue weighted by Gasteiger charge is 2.35. The minimum Gasteiger partial charge on any atom is -0.378 e. The zero-order valence-corrected chi connectivity index (χ0v) is 15.6. The lowest BCUT2D eigenvalue weighted by Gasteiger charge is -2.32. The Morgan fingerprint density at radius 3 is 2.25 bits per heavy atom. The lowest BCUT2D eigenvalue weighted by Crippen LogP contribution is -2.41. The summed E-state index contributed by atoms with van der Waals surface area (Å²) >= 11 is 0. The van der Waals surface area contributed by atoms with Crippen molar-refractivity contribution < 1.29 is 14.3 Å². The minimum absolute atomic E-state index is 0.267. The van der Waals surface area contributed by atoms with Gasteiger partial charge in [0, 0.05) is 40.7 Å². The number of carbonyl (C=O) groups is 2.